The maximum atomic E-state index is 13.1. The van der Waals surface area contributed by atoms with Gasteiger partial charge >= 0.3 is 0 Å². The molecule has 0 amide bonds. The molecule has 0 saturated heterocycles. The van der Waals surface area contributed by atoms with Crippen molar-refractivity contribution in [2.24, 2.45) is 0 Å². The van der Waals surface area contributed by atoms with Crippen molar-refractivity contribution < 1.29 is 8.78 Å². The molecule has 1 N–H and O–H groups in total. The van der Waals surface area contributed by atoms with Gasteiger partial charge in [-0.2, -0.15) is 0 Å². The molecule has 78 valence electrons. The van der Waals surface area contributed by atoms with Crippen LogP contribution >= 0.6 is 11.6 Å². The average molecular weight is 220 g/mol. The van der Waals surface area contributed by atoms with E-state index in [4.69, 9.17) is 11.6 Å². The van der Waals surface area contributed by atoms with Crippen molar-refractivity contribution in [3.8, 4) is 0 Å². The van der Waals surface area contributed by atoms with Gasteiger partial charge in [0, 0.05) is 24.0 Å². The molecule has 0 heterocycles. The van der Waals surface area contributed by atoms with Crippen LogP contribution in [0.5, 0.6) is 0 Å². The van der Waals surface area contributed by atoms with Gasteiger partial charge in [0.1, 0.15) is 11.6 Å². The normalized spacial score (nSPS) is 12.9. The van der Waals surface area contributed by atoms with E-state index in [0.29, 0.717) is 6.54 Å². The summed E-state index contributed by atoms with van der Waals surface area (Å²) in [6, 6.07) is 3.83. The van der Waals surface area contributed by atoms with Crippen molar-refractivity contribution in [1.29, 1.82) is 0 Å². The Hall–Kier alpha value is -0.670. The van der Waals surface area contributed by atoms with Gasteiger partial charge in [-0.05, 0) is 19.1 Å². The van der Waals surface area contributed by atoms with Crippen molar-refractivity contribution >= 4 is 11.6 Å². The summed E-state index contributed by atoms with van der Waals surface area (Å²) in [6.07, 6.45) is 0. The Labute approximate surface area is 87.1 Å². The zero-order valence-corrected chi connectivity index (χ0v) is 8.61. The molecule has 14 heavy (non-hydrogen) atoms. The van der Waals surface area contributed by atoms with Gasteiger partial charge in [-0.25, -0.2) is 8.78 Å². The van der Waals surface area contributed by atoms with Gasteiger partial charge in [-0.15, -0.1) is 11.6 Å². The average Bonchev–Trinajstić information content (AvgIpc) is 2.09. The monoisotopic (exact) mass is 219 g/mol. The highest BCUT2D eigenvalue weighted by Gasteiger charge is 2.07. The lowest BCUT2D eigenvalue weighted by molar-refractivity contribution is 0.535. The summed E-state index contributed by atoms with van der Waals surface area (Å²) < 4.78 is 26.1. The molecular formula is C10H12ClF2N. The molecule has 0 aliphatic heterocycles. The van der Waals surface area contributed by atoms with E-state index < -0.39 is 11.6 Å². The lowest BCUT2D eigenvalue weighted by Gasteiger charge is -2.07. The van der Waals surface area contributed by atoms with Crippen LogP contribution in [-0.2, 0) is 6.54 Å². The van der Waals surface area contributed by atoms with Crippen LogP contribution < -0.4 is 5.32 Å². The Morgan fingerprint density at radius 2 is 1.93 bits per heavy atom. The summed E-state index contributed by atoms with van der Waals surface area (Å²) in [5.41, 5.74) is 0.0600. The first kappa shape index (κ1) is 11.4. The Kier molecular flexibility index (Phi) is 4.29. The van der Waals surface area contributed by atoms with Gasteiger partial charge in [0.25, 0.3) is 0 Å². The van der Waals surface area contributed by atoms with E-state index in [-0.39, 0.29) is 17.5 Å². The summed E-state index contributed by atoms with van der Waals surface area (Å²) in [5.74, 6) is -1.06. The number of alkyl halides is 1. The van der Waals surface area contributed by atoms with Crippen LogP contribution in [0.3, 0.4) is 0 Å². The molecule has 1 rings (SSSR count). The van der Waals surface area contributed by atoms with E-state index in [9.17, 15) is 8.78 Å². The summed E-state index contributed by atoms with van der Waals surface area (Å²) in [7, 11) is 0. The van der Waals surface area contributed by atoms with E-state index in [2.05, 4.69) is 5.32 Å². The topological polar surface area (TPSA) is 12.0 Å². The molecule has 0 fully saturated rings. The number of hydrogen-bond donors (Lipinski definition) is 1. The summed E-state index contributed by atoms with van der Waals surface area (Å²) in [5, 5.41) is 2.82. The second kappa shape index (κ2) is 5.27. The lowest BCUT2D eigenvalue weighted by atomic mass is 10.2. The third-order valence-electron chi connectivity index (χ3n) is 1.79. The molecule has 1 aromatic rings. The van der Waals surface area contributed by atoms with Crippen molar-refractivity contribution in [1.82, 2.24) is 5.32 Å². The van der Waals surface area contributed by atoms with Gasteiger partial charge in [0.2, 0.25) is 0 Å². The van der Waals surface area contributed by atoms with Gasteiger partial charge in [0.05, 0.1) is 0 Å². The van der Waals surface area contributed by atoms with Crippen LogP contribution in [-0.4, -0.2) is 11.9 Å². The fourth-order valence-corrected chi connectivity index (χ4v) is 1.21. The van der Waals surface area contributed by atoms with Crippen LogP contribution in [0.25, 0.3) is 0 Å². The van der Waals surface area contributed by atoms with Gasteiger partial charge in [-0.3, -0.25) is 0 Å². The number of hydrogen-bond acceptors (Lipinski definition) is 1. The van der Waals surface area contributed by atoms with Crippen molar-refractivity contribution in [2.75, 3.05) is 6.54 Å². The molecule has 0 aliphatic rings. The molecule has 0 saturated carbocycles. The third-order valence-corrected chi connectivity index (χ3v) is 1.94. The number of benzene rings is 1. The standard InChI is InChI=1S/C10H12ClF2N/c1-7(11)5-14-6-8-9(12)3-2-4-10(8)13/h2-4,7,14H,5-6H2,1H3. The molecule has 4 heteroatoms. The molecule has 1 aromatic carbocycles. The Bertz CT molecular complexity index is 282. The quantitative estimate of drug-likeness (QED) is 0.768. The fraction of sp³-hybridized carbons (Fsp3) is 0.400. The van der Waals surface area contributed by atoms with E-state index in [1.807, 2.05) is 6.92 Å². The fourth-order valence-electron chi connectivity index (χ4n) is 1.10. The zero-order valence-electron chi connectivity index (χ0n) is 7.86. The predicted octanol–water partition coefficient (Wildman–Crippen LogP) is 2.68. The number of rotatable bonds is 4. The van der Waals surface area contributed by atoms with Crippen molar-refractivity contribution in [2.45, 2.75) is 18.8 Å². The van der Waals surface area contributed by atoms with Crippen LogP contribution in [0.15, 0.2) is 18.2 Å². The minimum Gasteiger partial charge on any atom is -0.311 e. The van der Waals surface area contributed by atoms with Gasteiger partial charge in [0.15, 0.2) is 0 Å². The maximum absolute atomic E-state index is 13.1. The molecule has 0 bridgehead atoms. The molecule has 0 spiro atoms. The van der Waals surface area contributed by atoms with Crippen LogP contribution in [0.4, 0.5) is 8.78 Å². The Morgan fingerprint density at radius 1 is 1.36 bits per heavy atom. The third kappa shape index (κ3) is 3.24. The van der Waals surface area contributed by atoms with E-state index >= 15 is 0 Å². The minimum absolute atomic E-state index is 0.0511. The summed E-state index contributed by atoms with van der Waals surface area (Å²) in [6.45, 7) is 2.50. The van der Waals surface area contributed by atoms with Gasteiger partial charge in [-0.1, -0.05) is 6.07 Å². The Morgan fingerprint density at radius 3 is 2.43 bits per heavy atom. The molecule has 1 unspecified atom stereocenters. The summed E-state index contributed by atoms with van der Waals surface area (Å²) in [4.78, 5) is 0. The van der Waals surface area contributed by atoms with Crippen LogP contribution in [0, 0.1) is 11.6 Å². The predicted molar refractivity (Wildman–Crippen MR) is 53.4 cm³/mol. The molecule has 0 radical (unpaired) electrons. The molecule has 1 atom stereocenters. The molecular weight excluding hydrogens is 208 g/mol. The van der Waals surface area contributed by atoms with E-state index in [1.54, 1.807) is 0 Å². The van der Waals surface area contributed by atoms with E-state index in [0.717, 1.165) is 0 Å². The smallest absolute Gasteiger partial charge is 0.130 e. The largest absolute Gasteiger partial charge is 0.311 e. The number of halogens is 3. The highest BCUT2D eigenvalue weighted by molar-refractivity contribution is 6.20. The minimum atomic E-state index is -0.528. The maximum Gasteiger partial charge on any atom is 0.130 e. The second-order valence-corrected chi connectivity index (χ2v) is 3.86. The molecule has 1 nitrogen and oxygen atoms in total. The number of nitrogens with one attached hydrogen (secondary N) is 1. The van der Waals surface area contributed by atoms with Crippen LogP contribution in [0.2, 0.25) is 0 Å². The first-order valence-corrected chi connectivity index (χ1v) is 4.82. The molecule has 0 aliphatic carbocycles. The second-order valence-electron chi connectivity index (χ2n) is 3.11. The van der Waals surface area contributed by atoms with Crippen molar-refractivity contribution in [3.05, 3.63) is 35.4 Å². The highest BCUT2D eigenvalue weighted by atomic mass is 35.5. The first-order chi connectivity index (χ1) is 6.61. The Balaban J connectivity index is 2.58. The molecule has 0 aromatic heterocycles. The van der Waals surface area contributed by atoms with Crippen molar-refractivity contribution in [3.63, 3.8) is 0 Å². The lowest BCUT2D eigenvalue weighted by Crippen LogP contribution is -2.22. The van der Waals surface area contributed by atoms with Gasteiger partial charge < -0.3 is 5.32 Å². The zero-order chi connectivity index (χ0) is 10.6. The SMILES string of the molecule is CC(Cl)CNCc1c(F)cccc1F. The first-order valence-electron chi connectivity index (χ1n) is 4.39. The summed E-state index contributed by atoms with van der Waals surface area (Å²) >= 11 is 5.67. The highest BCUT2D eigenvalue weighted by Crippen LogP contribution is 2.11. The van der Waals surface area contributed by atoms with E-state index in [1.165, 1.54) is 18.2 Å². The van der Waals surface area contributed by atoms with Crippen LogP contribution in [0.1, 0.15) is 12.5 Å².